The van der Waals surface area contributed by atoms with Crippen LogP contribution in [0.15, 0.2) is 12.1 Å². The highest BCUT2D eigenvalue weighted by Crippen LogP contribution is 2.18. The predicted octanol–water partition coefficient (Wildman–Crippen LogP) is 1.61. The van der Waals surface area contributed by atoms with Crippen LogP contribution in [0.5, 0.6) is 0 Å². The molecule has 0 saturated carbocycles. The molecule has 5 nitrogen and oxygen atoms in total. The Hall–Kier alpha value is -1.66. The van der Waals surface area contributed by atoms with Gasteiger partial charge in [0.25, 0.3) is 5.91 Å². The lowest BCUT2D eigenvalue weighted by Crippen LogP contribution is -2.28. The summed E-state index contributed by atoms with van der Waals surface area (Å²) in [6.45, 7) is 4.36. The summed E-state index contributed by atoms with van der Waals surface area (Å²) in [7, 11) is 0. The Morgan fingerprint density at radius 2 is 2.30 bits per heavy atom. The summed E-state index contributed by atoms with van der Waals surface area (Å²) in [6, 6.07) is 4.19. The van der Waals surface area contributed by atoms with Gasteiger partial charge in [0.05, 0.1) is 6.54 Å². The second-order valence-corrected chi connectivity index (χ2v) is 6.11. The molecular formula is C14H18N4OS. The summed E-state index contributed by atoms with van der Waals surface area (Å²) in [6.07, 6.45) is 1.94. The zero-order valence-electron chi connectivity index (χ0n) is 11.5. The molecule has 0 bridgehead atoms. The number of carbonyl (C=O) groups is 1. The van der Waals surface area contributed by atoms with E-state index in [9.17, 15) is 4.79 Å². The van der Waals surface area contributed by atoms with E-state index in [4.69, 9.17) is 0 Å². The number of carbonyl (C=O) groups excluding carboxylic acids is 1. The third-order valence-electron chi connectivity index (χ3n) is 3.51. The van der Waals surface area contributed by atoms with Gasteiger partial charge in [0, 0.05) is 40.5 Å². The number of rotatable bonds is 4. The molecular weight excluding hydrogens is 272 g/mol. The van der Waals surface area contributed by atoms with E-state index in [0.29, 0.717) is 18.8 Å². The summed E-state index contributed by atoms with van der Waals surface area (Å²) in [5.41, 5.74) is 2.62. The van der Waals surface area contributed by atoms with Crippen LogP contribution in [0.3, 0.4) is 0 Å². The van der Waals surface area contributed by atoms with Crippen LogP contribution in [-0.4, -0.2) is 22.6 Å². The summed E-state index contributed by atoms with van der Waals surface area (Å²) in [5, 5.41) is 13.3. The number of nitrogens with one attached hydrogen (secondary N) is 3. The van der Waals surface area contributed by atoms with E-state index >= 15 is 0 Å². The second kappa shape index (κ2) is 5.76. The largest absolute Gasteiger partial charge is 0.346 e. The Morgan fingerprint density at radius 3 is 3.10 bits per heavy atom. The van der Waals surface area contributed by atoms with Crippen LogP contribution in [0.1, 0.15) is 38.4 Å². The van der Waals surface area contributed by atoms with Gasteiger partial charge in [-0.25, -0.2) is 0 Å². The second-order valence-electron chi connectivity index (χ2n) is 4.86. The van der Waals surface area contributed by atoms with Crippen LogP contribution in [0.25, 0.3) is 0 Å². The lowest BCUT2D eigenvalue weighted by atomic mass is 10.1. The molecule has 6 heteroatoms. The van der Waals surface area contributed by atoms with Crippen molar-refractivity contribution in [3.05, 3.63) is 38.8 Å². The molecule has 0 fully saturated rings. The molecule has 0 aliphatic carbocycles. The summed E-state index contributed by atoms with van der Waals surface area (Å²) in [4.78, 5) is 14.7. The molecule has 2 aromatic rings. The van der Waals surface area contributed by atoms with Crippen molar-refractivity contribution in [2.24, 2.45) is 0 Å². The molecule has 1 aliphatic rings. The molecule has 3 N–H and O–H groups in total. The zero-order valence-corrected chi connectivity index (χ0v) is 12.3. The Morgan fingerprint density at radius 1 is 1.45 bits per heavy atom. The minimum Gasteiger partial charge on any atom is -0.346 e. The predicted molar refractivity (Wildman–Crippen MR) is 78.9 cm³/mol. The minimum atomic E-state index is -0.0994. The normalized spacial score (nSPS) is 14.1. The highest BCUT2D eigenvalue weighted by atomic mass is 32.1. The maximum absolute atomic E-state index is 12.2. The van der Waals surface area contributed by atoms with E-state index in [2.05, 4.69) is 39.9 Å². The molecule has 3 rings (SSSR count). The summed E-state index contributed by atoms with van der Waals surface area (Å²) < 4.78 is 0. The zero-order chi connectivity index (χ0) is 13.9. The van der Waals surface area contributed by atoms with E-state index in [1.165, 1.54) is 9.75 Å². The first-order valence-corrected chi connectivity index (χ1v) is 7.72. The molecule has 0 aromatic carbocycles. The molecule has 0 unspecified atom stereocenters. The van der Waals surface area contributed by atoms with E-state index in [1.54, 1.807) is 11.3 Å². The number of aromatic amines is 1. The topological polar surface area (TPSA) is 69.8 Å². The first-order valence-electron chi connectivity index (χ1n) is 6.90. The van der Waals surface area contributed by atoms with Crippen molar-refractivity contribution in [3.8, 4) is 0 Å². The minimum absolute atomic E-state index is 0.0994. The first-order chi connectivity index (χ1) is 9.78. The van der Waals surface area contributed by atoms with Gasteiger partial charge in [-0.1, -0.05) is 6.92 Å². The van der Waals surface area contributed by atoms with Gasteiger partial charge in [-0.3, -0.25) is 9.89 Å². The number of fused-ring (bicyclic) bond motifs is 1. The molecule has 0 saturated heterocycles. The van der Waals surface area contributed by atoms with Crippen molar-refractivity contribution in [2.75, 3.05) is 6.54 Å². The fraction of sp³-hybridized carbons (Fsp3) is 0.429. The van der Waals surface area contributed by atoms with Gasteiger partial charge in [0.15, 0.2) is 5.69 Å². The molecule has 0 spiro atoms. The Labute approximate surface area is 121 Å². The fourth-order valence-electron chi connectivity index (χ4n) is 2.37. The van der Waals surface area contributed by atoms with E-state index in [0.717, 1.165) is 30.6 Å². The van der Waals surface area contributed by atoms with Crippen molar-refractivity contribution < 1.29 is 4.79 Å². The lowest BCUT2D eigenvalue weighted by Gasteiger charge is -2.12. The number of hydrogen-bond acceptors (Lipinski definition) is 4. The standard InChI is InChI=1S/C14H18N4OS/c1-2-9-3-4-10(20-9)7-16-14(19)13-11-8-15-6-5-12(11)17-18-13/h3-4,15H,2,5-8H2,1H3,(H,16,19)(H,17,18). The molecule has 0 radical (unpaired) electrons. The Kier molecular flexibility index (Phi) is 3.84. The number of aromatic nitrogens is 2. The molecule has 20 heavy (non-hydrogen) atoms. The summed E-state index contributed by atoms with van der Waals surface area (Å²) >= 11 is 1.75. The average molecular weight is 290 g/mol. The van der Waals surface area contributed by atoms with Crippen LogP contribution < -0.4 is 10.6 Å². The number of nitrogens with zero attached hydrogens (tertiary/aromatic N) is 1. The third-order valence-corrected chi connectivity index (χ3v) is 4.74. The first kappa shape index (κ1) is 13.3. The van der Waals surface area contributed by atoms with Crippen LogP contribution in [0, 0.1) is 0 Å². The fourth-order valence-corrected chi connectivity index (χ4v) is 3.27. The van der Waals surface area contributed by atoms with Gasteiger partial charge in [0.1, 0.15) is 0 Å². The van der Waals surface area contributed by atoms with Gasteiger partial charge < -0.3 is 10.6 Å². The maximum atomic E-state index is 12.2. The van der Waals surface area contributed by atoms with Crippen LogP contribution in [0.4, 0.5) is 0 Å². The van der Waals surface area contributed by atoms with Crippen LogP contribution in [0.2, 0.25) is 0 Å². The average Bonchev–Trinajstić information content (AvgIpc) is 3.11. The van der Waals surface area contributed by atoms with Crippen molar-refractivity contribution in [3.63, 3.8) is 0 Å². The van der Waals surface area contributed by atoms with Gasteiger partial charge >= 0.3 is 0 Å². The van der Waals surface area contributed by atoms with Crippen molar-refractivity contribution in [2.45, 2.75) is 32.9 Å². The monoisotopic (exact) mass is 290 g/mol. The molecule has 106 valence electrons. The number of hydrogen-bond donors (Lipinski definition) is 3. The Balaban J connectivity index is 1.66. The molecule has 1 amide bonds. The Bertz CT molecular complexity index is 616. The van der Waals surface area contributed by atoms with Gasteiger partial charge in [-0.2, -0.15) is 5.10 Å². The number of amides is 1. The smallest absolute Gasteiger partial charge is 0.272 e. The summed E-state index contributed by atoms with van der Waals surface area (Å²) in [5.74, 6) is -0.0994. The van der Waals surface area contributed by atoms with Crippen LogP contribution >= 0.6 is 11.3 Å². The number of thiophene rings is 1. The highest BCUT2D eigenvalue weighted by Gasteiger charge is 2.21. The van der Waals surface area contributed by atoms with E-state index in [1.807, 2.05) is 0 Å². The van der Waals surface area contributed by atoms with E-state index in [-0.39, 0.29) is 5.91 Å². The van der Waals surface area contributed by atoms with Crippen molar-refractivity contribution in [1.82, 2.24) is 20.8 Å². The van der Waals surface area contributed by atoms with Gasteiger partial charge in [-0.05, 0) is 18.6 Å². The third kappa shape index (κ3) is 2.62. The number of aryl methyl sites for hydroxylation is 1. The van der Waals surface area contributed by atoms with Crippen molar-refractivity contribution in [1.29, 1.82) is 0 Å². The number of H-pyrrole nitrogens is 1. The lowest BCUT2D eigenvalue weighted by molar-refractivity contribution is 0.0945. The van der Waals surface area contributed by atoms with Gasteiger partial charge in [-0.15, -0.1) is 11.3 Å². The molecule has 2 aromatic heterocycles. The van der Waals surface area contributed by atoms with Crippen LogP contribution in [-0.2, 0) is 25.9 Å². The van der Waals surface area contributed by atoms with Gasteiger partial charge in [0.2, 0.25) is 0 Å². The molecule has 1 aliphatic heterocycles. The highest BCUT2D eigenvalue weighted by molar-refractivity contribution is 7.11. The van der Waals surface area contributed by atoms with E-state index < -0.39 is 0 Å². The maximum Gasteiger partial charge on any atom is 0.272 e. The van der Waals surface area contributed by atoms with Crippen molar-refractivity contribution >= 4 is 17.2 Å². The SMILES string of the molecule is CCc1ccc(CNC(=O)c2n[nH]c3c2CNCC3)s1. The molecule has 3 heterocycles. The quantitative estimate of drug-likeness (QED) is 0.801. The molecule has 0 atom stereocenters.